The molecule has 0 bridgehead atoms. The van der Waals surface area contributed by atoms with Gasteiger partial charge in [-0.25, -0.2) is 9.18 Å². The lowest BCUT2D eigenvalue weighted by molar-refractivity contribution is 0.0698. The Morgan fingerprint density at radius 3 is 2.33 bits per heavy atom. The molecule has 0 aliphatic carbocycles. The predicted molar refractivity (Wildman–Crippen MR) is 82.5 cm³/mol. The van der Waals surface area contributed by atoms with Crippen LogP contribution in [0.5, 0.6) is 0 Å². The lowest BCUT2D eigenvalue weighted by Gasteiger charge is -2.14. The van der Waals surface area contributed by atoms with Gasteiger partial charge in [0.2, 0.25) is 0 Å². The van der Waals surface area contributed by atoms with Gasteiger partial charge in [0.1, 0.15) is 11.4 Å². The molecular weight excluding hydrogens is 342 g/mol. The Hall–Kier alpha value is -1.69. The number of carbonyl (C=O) groups is 1. The van der Waals surface area contributed by atoms with E-state index in [1.165, 1.54) is 18.2 Å². The van der Waals surface area contributed by atoms with Crippen molar-refractivity contribution in [3.63, 3.8) is 0 Å². The SMILES string of the molecule is Nc1c(F)ccc(Nc2cc(Cl)c(Cl)cc2Cl)c1C(=O)O. The molecule has 0 heterocycles. The van der Waals surface area contributed by atoms with E-state index in [9.17, 15) is 9.18 Å². The maximum absolute atomic E-state index is 13.4. The second-order valence-corrected chi connectivity index (χ2v) is 5.28. The van der Waals surface area contributed by atoms with E-state index in [4.69, 9.17) is 45.6 Å². The van der Waals surface area contributed by atoms with Crippen LogP contribution in [0.25, 0.3) is 0 Å². The molecule has 0 saturated carbocycles. The van der Waals surface area contributed by atoms with Crippen molar-refractivity contribution < 1.29 is 14.3 Å². The van der Waals surface area contributed by atoms with Crippen molar-refractivity contribution in [1.82, 2.24) is 0 Å². The second kappa shape index (κ2) is 5.97. The molecule has 2 rings (SSSR count). The number of anilines is 3. The molecule has 0 aromatic heterocycles. The van der Waals surface area contributed by atoms with E-state index in [1.54, 1.807) is 0 Å². The molecule has 2 aromatic carbocycles. The summed E-state index contributed by atoms with van der Waals surface area (Å²) >= 11 is 17.7. The minimum atomic E-state index is -1.37. The largest absolute Gasteiger partial charge is 0.478 e. The summed E-state index contributed by atoms with van der Waals surface area (Å²) in [6.45, 7) is 0. The Kier molecular flexibility index (Phi) is 4.46. The Labute approximate surface area is 134 Å². The monoisotopic (exact) mass is 348 g/mol. The molecular formula is C13H8Cl3FN2O2. The highest BCUT2D eigenvalue weighted by molar-refractivity contribution is 6.44. The second-order valence-electron chi connectivity index (χ2n) is 4.06. The third-order valence-corrected chi connectivity index (χ3v) is 3.72. The first-order valence-electron chi connectivity index (χ1n) is 5.54. The highest BCUT2D eigenvalue weighted by Crippen LogP contribution is 2.35. The van der Waals surface area contributed by atoms with Crippen LogP contribution in [0.3, 0.4) is 0 Å². The Bertz CT molecular complexity index is 738. The number of nitrogens with one attached hydrogen (secondary N) is 1. The van der Waals surface area contributed by atoms with E-state index < -0.39 is 23.0 Å². The quantitative estimate of drug-likeness (QED) is 0.549. The summed E-state index contributed by atoms with van der Waals surface area (Å²) in [6.07, 6.45) is 0. The average molecular weight is 350 g/mol. The van der Waals surface area contributed by atoms with Gasteiger partial charge in [-0.1, -0.05) is 34.8 Å². The summed E-state index contributed by atoms with van der Waals surface area (Å²) in [5.74, 6) is -2.19. The van der Waals surface area contributed by atoms with Crippen LogP contribution >= 0.6 is 34.8 Å². The Balaban J connectivity index is 2.52. The van der Waals surface area contributed by atoms with Crippen LogP contribution in [0, 0.1) is 5.82 Å². The minimum absolute atomic E-state index is 0.0849. The van der Waals surface area contributed by atoms with E-state index in [1.807, 2.05) is 0 Å². The van der Waals surface area contributed by atoms with E-state index in [2.05, 4.69) is 5.32 Å². The zero-order chi connectivity index (χ0) is 15.7. The van der Waals surface area contributed by atoms with Gasteiger partial charge in [-0.2, -0.15) is 0 Å². The fourth-order valence-electron chi connectivity index (χ4n) is 1.69. The number of carboxylic acids is 1. The van der Waals surface area contributed by atoms with E-state index in [-0.39, 0.29) is 20.8 Å². The smallest absolute Gasteiger partial charge is 0.340 e. The molecule has 4 nitrogen and oxygen atoms in total. The van der Waals surface area contributed by atoms with Gasteiger partial charge in [0, 0.05) is 0 Å². The molecule has 0 spiro atoms. The summed E-state index contributed by atoms with van der Waals surface area (Å²) < 4.78 is 13.4. The predicted octanol–water partition coefficient (Wildman–Crippen LogP) is 4.81. The van der Waals surface area contributed by atoms with Gasteiger partial charge in [0.25, 0.3) is 0 Å². The van der Waals surface area contributed by atoms with Gasteiger partial charge >= 0.3 is 5.97 Å². The zero-order valence-electron chi connectivity index (χ0n) is 10.3. The fraction of sp³-hybridized carbons (Fsp3) is 0. The molecule has 21 heavy (non-hydrogen) atoms. The highest BCUT2D eigenvalue weighted by atomic mass is 35.5. The topological polar surface area (TPSA) is 75.3 Å². The van der Waals surface area contributed by atoms with Gasteiger partial charge in [0.05, 0.1) is 32.1 Å². The number of hydrogen-bond acceptors (Lipinski definition) is 3. The van der Waals surface area contributed by atoms with Gasteiger partial charge < -0.3 is 16.2 Å². The summed E-state index contributed by atoms with van der Waals surface area (Å²) in [6, 6.07) is 5.13. The number of hydrogen-bond donors (Lipinski definition) is 3. The van der Waals surface area contributed by atoms with E-state index in [0.717, 1.165) is 6.07 Å². The zero-order valence-corrected chi connectivity index (χ0v) is 12.5. The summed E-state index contributed by atoms with van der Waals surface area (Å²) in [5.41, 5.74) is 5.00. The first-order chi connectivity index (χ1) is 9.81. The van der Waals surface area contributed by atoms with Crippen molar-refractivity contribution in [3.8, 4) is 0 Å². The molecule has 0 radical (unpaired) electrons. The average Bonchev–Trinajstić information content (AvgIpc) is 2.40. The van der Waals surface area contributed by atoms with Crippen molar-refractivity contribution in [2.24, 2.45) is 0 Å². The number of halogens is 4. The standard InChI is InChI=1S/C13H8Cl3FN2O2/c14-5-3-7(16)10(4-6(5)15)19-9-2-1-8(17)12(18)11(9)13(20)21/h1-4,19H,18H2,(H,20,21). The lowest BCUT2D eigenvalue weighted by Crippen LogP contribution is -2.08. The lowest BCUT2D eigenvalue weighted by atomic mass is 10.1. The normalized spacial score (nSPS) is 10.5. The van der Waals surface area contributed by atoms with Crippen LogP contribution in [-0.2, 0) is 0 Å². The molecule has 110 valence electrons. The summed E-state index contributed by atoms with van der Waals surface area (Å²) in [4.78, 5) is 11.2. The first kappa shape index (κ1) is 15.7. The summed E-state index contributed by atoms with van der Waals surface area (Å²) in [7, 11) is 0. The number of nitrogen functional groups attached to an aromatic ring is 1. The van der Waals surface area contributed by atoms with Crippen molar-refractivity contribution in [2.75, 3.05) is 11.1 Å². The first-order valence-corrected chi connectivity index (χ1v) is 6.67. The number of nitrogens with two attached hydrogens (primary N) is 1. The Morgan fingerprint density at radius 2 is 1.71 bits per heavy atom. The van der Waals surface area contributed by atoms with Crippen LogP contribution in [-0.4, -0.2) is 11.1 Å². The molecule has 0 fully saturated rings. The molecule has 0 aliphatic heterocycles. The van der Waals surface area contributed by atoms with Crippen LogP contribution < -0.4 is 11.1 Å². The fourth-order valence-corrected chi connectivity index (χ4v) is 2.29. The van der Waals surface area contributed by atoms with E-state index >= 15 is 0 Å². The highest BCUT2D eigenvalue weighted by Gasteiger charge is 2.18. The van der Waals surface area contributed by atoms with Crippen molar-refractivity contribution >= 4 is 57.8 Å². The van der Waals surface area contributed by atoms with Crippen LogP contribution in [0.1, 0.15) is 10.4 Å². The number of benzene rings is 2. The third kappa shape index (κ3) is 3.15. The number of aromatic carboxylic acids is 1. The van der Waals surface area contributed by atoms with E-state index in [0.29, 0.717) is 5.69 Å². The van der Waals surface area contributed by atoms with Crippen LogP contribution in [0.2, 0.25) is 15.1 Å². The molecule has 2 aromatic rings. The molecule has 8 heteroatoms. The molecule has 0 amide bonds. The van der Waals surface area contributed by atoms with Gasteiger partial charge in [0.15, 0.2) is 0 Å². The molecule has 4 N–H and O–H groups in total. The molecule has 0 unspecified atom stereocenters. The van der Waals surface area contributed by atoms with Crippen molar-refractivity contribution in [3.05, 3.63) is 50.7 Å². The van der Waals surface area contributed by atoms with Crippen LogP contribution in [0.15, 0.2) is 24.3 Å². The summed E-state index contributed by atoms with van der Waals surface area (Å²) in [5, 5.41) is 12.6. The minimum Gasteiger partial charge on any atom is -0.478 e. The van der Waals surface area contributed by atoms with Crippen molar-refractivity contribution in [1.29, 1.82) is 0 Å². The van der Waals surface area contributed by atoms with Crippen molar-refractivity contribution in [2.45, 2.75) is 0 Å². The molecule has 0 aliphatic rings. The third-order valence-electron chi connectivity index (χ3n) is 2.69. The Morgan fingerprint density at radius 1 is 1.10 bits per heavy atom. The molecule has 0 saturated heterocycles. The van der Waals surface area contributed by atoms with Gasteiger partial charge in [-0.15, -0.1) is 0 Å². The maximum Gasteiger partial charge on any atom is 0.340 e. The number of carboxylic acid groups (broad SMARTS) is 1. The van der Waals surface area contributed by atoms with Gasteiger partial charge in [-0.05, 0) is 24.3 Å². The van der Waals surface area contributed by atoms with Crippen LogP contribution in [0.4, 0.5) is 21.5 Å². The maximum atomic E-state index is 13.4. The number of rotatable bonds is 3. The molecule has 0 atom stereocenters. The van der Waals surface area contributed by atoms with Gasteiger partial charge in [-0.3, -0.25) is 0 Å².